The van der Waals surface area contributed by atoms with Crippen LogP contribution in [0.4, 0.5) is 5.69 Å². The fraction of sp³-hybridized carbons (Fsp3) is 0.167. The largest absolute Gasteiger partial charge is 0.432 e. The molecule has 10 heteroatoms. The summed E-state index contributed by atoms with van der Waals surface area (Å²) in [5.74, 6) is 0.421. The van der Waals surface area contributed by atoms with Crippen LogP contribution in [0.2, 0.25) is 0 Å². The molecule has 0 amide bonds. The number of ether oxygens (including phenoxy) is 1. The van der Waals surface area contributed by atoms with Gasteiger partial charge in [0.15, 0.2) is 0 Å². The van der Waals surface area contributed by atoms with Gasteiger partial charge in [-0.1, -0.05) is 0 Å². The Morgan fingerprint density at radius 1 is 1.23 bits per heavy atom. The topological polar surface area (TPSA) is 138 Å². The third-order valence-corrected chi connectivity index (χ3v) is 3.52. The average Bonchev–Trinajstić information content (AvgIpc) is 2.36. The van der Waals surface area contributed by atoms with Crippen molar-refractivity contribution in [3.8, 4) is 11.6 Å². The molecular weight excluding hydrogens is 312 g/mol. The van der Waals surface area contributed by atoms with Crippen LogP contribution in [0.3, 0.4) is 0 Å². The molecule has 0 unspecified atom stereocenters. The van der Waals surface area contributed by atoms with Crippen molar-refractivity contribution >= 4 is 15.7 Å². The predicted molar refractivity (Wildman–Crippen MR) is 76.0 cm³/mol. The summed E-state index contributed by atoms with van der Waals surface area (Å²) < 4.78 is 27.9. The van der Waals surface area contributed by atoms with Crippen LogP contribution in [-0.4, -0.2) is 23.3 Å². The molecule has 1 aromatic carbocycles. The number of primary sulfonamides is 1. The number of nitrogens with two attached hydrogens (primary N) is 1. The summed E-state index contributed by atoms with van der Waals surface area (Å²) in [6.45, 7) is 3.37. The number of rotatable bonds is 4. The van der Waals surface area contributed by atoms with Crippen molar-refractivity contribution in [3.05, 3.63) is 45.9 Å². The SMILES string of the molecule is Cc1cc(Oc2ccc(S(N)(=O)=O)cc2[N+](=O)[O-])nc(C)n1. The third kappa shape index (κ3) is 3.54. The molecule has 0 aliphatic carbocycles. The Bertz CT molecular complexity index is 830. The Morgan fingerprint density at radius 3 is 2.45 bits per heavy atom. The van der Waals surface area contributed by atoms with Crippen molar-refractivity contribution in [1.82, 2.24) is 9.97 Å². The van der Waals surface area contributed by atoms with Gasteiger partial charge in [0.25, 0.3) is 0 Å². The molecule has 9 nitrogen and oxygen atoms in total. The number of aromatic nitrogens is 2. The van der Waals surface area contributed by atoms with Crippen molar-refractivity contribution in [1.29, 1.82) is 0 Å². The van der Waals surface area contributed by atoms with E-state index in [1.54, 1.807) is 13.8 Å². The van der Waals surface area contributed by atoms with E-state index in [0.717, 1.165) is 18.2 Å². The number of benzene rings is 1. The smallest absolute Gasteiger partial charge is 0.312 e. The van der Waals surface area contributed by atoms with E-state index < -0.39 is 20.6 Å². The van der Waals surface area contributed by atoms with Crippen molar-refractivity contribution in [2.24, 2.45) is 5.14 Å². The maximum Gasteiger partial charge on any atom is 0.312 e. The van der Waals surface area contributed by atoms with Crippen LogP contribution in [0.1, 0.15) is 11.5 Å². The molecule has 0 aliphatic heterocycles. The number of nitro groups is 1. The second-order valence-electron chi connectivity index (χ2n) is 4.43. The number of hydrogen-bond donors (Lipinski definition) is 1. The van der Waals surface area contributed by atoms with Gasteiger partial charge in [0.05, 0.1) is 9.82 Å². The minimum atomic E-state index is -4.05. The van der Waals surface area contributed by atoms with E-state index in [-0.39, 0.29) is 16.5 Å². The van der Waals surface area contributed by atoms with Crippen LogP contribution < -0.4 is 9.88 Å². The van der Waals surface area contributed by atoms with Crippen LogP contribution in [0.5, 0.6) is 11.6 Å². The molecule has 2 N–H and O–H groups in total. The van der Waals surface area contributed by atoms with Crippen LogP contribution in [0.25, 0.3) is 0 Å². The van der Waals surface area contributed by atoms with Gasteiger partial charge in [-0.15, -0.1) is 0 Å². The van der Waals surface area contributed by atoms with Crippen molar-refractivity contribution in [2.45, 2.75) is 18.7 Å². The Balaban J connectivity index is 2.49. The van der Waals surface area contributed by atoms with Gasteiger partial charge in [0.1, 0.15) is 5.82 Å². The van der Waals surface area contributed by atoms with E-state index >= 15 is 0 Å². The molecule has 116 valence electrons. The van der Waals surface area contributed by atoms with Crippen LogP contribution in [0.15, 0.2) is 29.2 Å². The summed E-state index contributed by atoms with van der Waals surface area (Å²) in [7, 11) is -4.05. The average molecular weight is 324 g/mol. The van der Waals surface area contributed by atoms with Crippen molar-refractivity contribution in [2.75, 3.05) is 0 Å². The van der Waals surface area contributed by atoms with Gasteiger partial charge in [-0.3, -0.25) is 10.1 Å². The standard InChI is InChI=1S/C12H12N4O5S/c1-7-5-12(15-8(2)14-7)21-11-4-3-9(22(13,19)20)6-10(11)16(17)18/h3-6H,1-2H3,(H2,13,19,20). The highest BCUT2D eigenvalue weighted by molar-refractivity contribution is 7.89. The quantitative estimate of drug-likeness (QED) is 0.663. The van der Waals surface area contributed by atoms with E-state index in [9.17, 15) is 18.5 Å². The molecule has 1 heterocycles. The maximum atomic E-state index is 11.3. The molecule has 0 fully saturated rings. The van der Waals surface area contributed by atoms with E-state index in [0.29, 0.717) is 11.5 Å². The summed E-state index contributed by atoms with van der Waals surface area (Å²) in [6, 6.07) is 4.62. The molecule has 0 saturated heterocycles. The lowest BCUT2D eigenvalue weighted by Gasteiger charge is -2.07. The molecule has 0 radical (unpaired) electrons. The fourth-order valence-electron chi connectivity index (χ4n) is 1.75. The Morgan fingerprint density at radius 2 is 1.91 bits per heavy atom. The summed E-state index contributed by atoms with van der Waals surface area (Å²) in [6.07, 6.45) is 0. The molecule has 0 aliphatic rings. The monoisotopic (exact) mass is 324 g/mol. The van der Waals surface area contributed by atoms with Gasteiger partial charge in [0.2, 0.25) is 21.7 Å². The van der Waals surface area contributed by atoms with Crippen LogP contribution in [-0.2, 0) is 10.0 Å². The highest BCUT2D eigenvalue weighted by Gasteiger charge is 2.21. The second-order valence-corrected chi connectivity index (χ2v) is 5.99. The zero-order valence-corrected chi connectivity index (χ0v) is 12.5. The third-order valence-electron chi connectivity index (χ3n) is 2.61. The molecule has 22 heavy (non-hydrogen) atoms. The van der Waals surface area contributed by atoms with Gasteiger partial charge in [-0.2, -0.15) is 4.98 Å². The first kappa shape index (κ1) is 15.8. The Labute approximate surface area is 126 Å². The van der Waals surface area contributed by atoms with E-state index in [4.69, 9.17) is 9.88 Å². The molecule has 0 bridgehead atoms. The normalized spacial score (nSPS) is 11.2. The van der Waals surface area contributed by atoms with Gasteiger partial charge in [-0.25, -0.2) is 18.5 Å². The lowest BCUT2D eigenvalue weighted by atomic mass is 10.3. The Kier molecular flexibility index (Phi) is 4.06. The first-order chi connectivity index (χ1) is 10.2. The number of nitrogens with zero attached hydrogens (tertiary/aromatic N) is 3. The molecular formula is C12H12N4O5S. The first-order valence-electron chi connectivity index (χ1n) is 5.98. The van der Waals surface area contributed by atoms with E-state index in [1.165, 1.54) is 6.07 Å². The van der Waals surface area contributed by atoms with Crippen LogP contribution in [0, 0.1) is 24.0 Å². The Hall–Kier alpha value is -2.59. The number of sulfonamides is 1. The van der Waals surface area contributed by atoms with Gasteiger partial charge in [-0.05, 0) is 26.0 Å². The van der Waals surface area contributed by atoms with Gasteiger partial charge >= 0.3 is 5.69 Å². The summed E-state index contributed by atoms with van der Waals surface area (Å²) >= 11 is 0. The van der Waals surface area contributed by atoms with Crippen LogP contribution >= 0.6 is 0 Å². The predicted octanol–water partition coefficient (Wildman–Crippen LogP) is 1.44. The zero-order chi connectivity index (χ0) is 16.5. The number of nitro benzene ring substituents is 1. The molecule has 2 aromatic rings. The summed E-state index contributed by atoms with van der Waals surface area (Å²) in [4.78, 5) is 18.0. The maximum absolute atomic E-state index is 11.3. The highest BCUT2D eigenvalue weighted by Crippen LogP contribution is 2.32. The molecule has 2 rings (SSSR count). The fourth-order valence-corrected chi connectivity index (χ4v) is 2.28. The molecule has 0 atom stereocenters. The van der Waals surface area contributed by atoms with E-state index in [1.807, 2.05) is 0 Å². The summed E-state index contributed by atoms with van der Waals surface area (Å²) in [5, 5.41) is 16.0. The molecule has 1 aromatic heterocycles. The first-order valence-corrected chi connectivity index (χ1v) is 7.53. The van der Waals surface area contributed by atoms with Crippen molar-refractivity contribution in [3.63, 3.8) is 0 Å². The number of hydrogen-bond acceptors (Lipinski definition) is 7. The lowest BCUT2D eigenvalue weighted by Crippen LogP contribution is -2.12. The minimum Gasteiger partial charge on any atom is -0.432 e. The van der Waals surface area contributed by atoms with Gasteiger partial charge in [0, 0.05) is 17.8 Å². The highest BCUT2D eigenvalue weighted by atomic mass is 32.2. The number of aryl methyl sites for hydroxylation is 2. The summed E-state index contributed by atoms with van der Waals surface area (Å²) in [5.41, 5.74) is 0.103. The molecule has 0 spiro atoms. The van der Waals surface area contributed by atoms with Crippen molar-refractivity contribution < 1.29 is 18.1 Å². The molecule has 0 saturated carbocycles. The zero-order valence-electron chi connectivity index (χ0n) is 11.7. The minimum absolute atomic E-state index is 0.122. The van der Waals surface area contributed by atoms with Gasteiger partial charge < -0.3 is 4.74 Å². The lowest BCUT2D eigenvalue weighted by molar-refractivity contribution is -0.385. The second kappa shape index (κ2) is 5.66. The van der Waals surface area contributed by atoms with E-state index in [2.05, 4.69) is 9.97 Å².